The van der Waals surface area contributed by atoms with Crippen LogP contribution in [0.15, 0.2) is 60.7 Å². The molecule has 3 aromatic carbocycles. The summed E-state index contributed by atoms with van der Waals surface area (Å²) in [6.45, 7) is 3.92. The van der Waals surface area contributed by atoms with Gasteiger partial charge in [0.15, 0.2) is 0 Å². The summed E-state index contributed by atoms with van der Waals surface area (Å²) < 4.78 is 40.0. The number of nitro benzene ring substituents is 1. The normalized spacial score (nSPS) is 11.2. The lowest BCUT2D eigenvalue weighted by molar-refractivity contribution is -0.384. The van der Waals surface area contributed by atoms with Crippen molar-refractivity contribution >= 4 is 33.0 Å². The van der Waals surface area contributed by atoms with E-state index >= 15 is 0 Å². The Hall–Kier alpha value is -3.79. The van der Waals surface area contributed by atoms with Gasteiger partial charge in [-0.25, -0.2) is 12.8 Å². The Bertz CT molecular complexity index is 1320. The van der Waals surface area contributed by atoms with E-state index in [-0.39, 0.29) is 6.54 Å². The van der Waals surface area contributed by atoms with Crippen LogP contribution in [0.2, 0.25) is 0 Å². The summed E-state index contributed by atoms with van der Waals surface area (Å²) in [7, 11) is -3.56. The number of nitrogens with zero attached hydrogens (tertiary/aromatic N) is 2. The number of carbonyl (C=O) groups excluding carboxylic acids is 1. The van der Waals surface area contributed by atoms with Crippen LogP contribution < -0.4 is 9.62 Å². The van der Waals surface area contributed by atoms with Crippen LogP contribution >= 0.6 is 0 Å². The van der Waals surface area contributed by atoms with Gasteiger partial charge in [0, 0.05) is 17.8 Å². The third-order valence-electron chi connectivity index (χ3n) is 5.12. The van der Waals surface area contributed by atoms with Gasteiger partial charge >= 0.3 is 0 Å². The molecule has 0 saturated heterocycles. The quantitative estimate of drug-likeness (QED) is 0.401. The number of rotatable bonds is 7. The lowest BCUT2D eigenvalue weighted by atomic mass is 10.1. The molecule has 1 N–H and O–H groups in total. The highest BCUT2D eigenvalue weighted by atomic mass is 32.2. The minimum atomic E-state index is -3.56. The van der Waals surface area contributed by atoms with Crippen molar-refractivity contribution in [3.63, 3.8) is 0 Å². The minimum absolute atomic E-state index is 0.0784. The maximum absolute atomic E-state index is 14.0. The first-order valence-corrected chi connectivity index (χ1v) is 11.7. The highest BCUT2D eigenvalue weighted by Crippen LogP contribution is 2.24. The van der Waals surface area contributed by atoms with Crippen molar-refractivity contribution in [2.45, 2.75) is 20.4 Å². The second-order valence-corrected chi connectivity index (χ2v) is 9.52. The Morgan fingerprint density at radius 2 is 1.70 bits per heavy atom. The van der Waals surface area contributed by atoms with E-state index in [1.165, 1.54) is 4.31 Å². The predicted octanol–water partition coefficient (Wildman–Crippen LogP) is 4.57. The van der Waals surface area contributed by atoms with Crippen LogP contribution in [0.5, 0.6) is 0 Å². The van der Waals surface area contributed by atoms with Gasteiger partial charge in [-0.05, 0) is 60.9 Å². The first kappa shape index (κ1) is 23.9. The third-order valence-corrected chi connectivity index (χ3v) is 6.26. The molecule has 0 radical (unpaired) electrons. The Morgan fingerprint density at radius 1 is 1.03 bits per heavy atom. The Kier molecular flexibility index (Phi) is 6.78. The van der Waals surface area contributed by atoms with Gasteiger partial charge in [-0.15, -0.1) is 0 Å². The van der Waals surface area contributed by atoms with Crippen LogP contribution in [0.25, 0.3) is 0 Å². The summed E-state index contributed by atoms with van der Waals surface area (Å²) in [6.07, 6.45) is 1.13. The molecular weight excluding hydrogens is 449 g/mol. The summed E-state index contributed by atoms with van der Waals surface area (Å²) in [4.78, 5) is 22.6. The molecule has 0 atom stereocenters. The number of non-ortho nitro benzene ring substituents is 1. The summed E-state index contributed by atoms with van der Waals surface area (Å²) in [6, 6.07) is 14.5. The molecule has 0 unspecified atom stereocenters. The number of benzene rings is 3. The smallest absolute Gasteiger partial charge is 0.270 e. The molecule has 0 spiro atoms. The van der Waals surface area contributed by atoms with Crippen LogP contribution in [-0.4, -0.2) is 25.5 Å². The zero-order chi connectivity index (χ0) is 24.3. The standard InChI is InChI=1S/C23H22FN3O5S/c1-15-4-9-19(12-16(15)2)26(33(3,31)32)14-17-5-7-18(8-6-17)25-23(28)21-13-20(27(29)30)10-11-22(21)24/h4-13H,14H2,1-3H3,(H,25,28). The van der Waals surface area contributed by atoms with Gasteiger partial charge in [0.2, 0.25) is 10.0 Å². The molecule has 0 bridgehead atoms. The summed E-state index contributed by atoms with van der Waals surface area (Å²) >= 11 is 0. The second kappa shape index (κ2) is 9.37. The van der Waals surface area contributed by atoms with Crippen molar-refractivity contribution in [1.82, 2.24) is 0 Å². The Balaban J connectivity index is 1.79. The van der Waals surface area contributed by atoms with Crippen molar-refractivity contribution in [2.24, 2.45) is 0 Å². The fraction of sp³-hybridized carbons (Fsp3) is 0.174. The highest BCUT2D eigenvalue weighted by Gasteiger charge is 2.19. The number of halogens is 1. The molecule has 33 heavy (non-hydrogen) atoms. The largest absolute Gasteiger partial charge is 0.322 e. The molecule has 3 aromatic rings. The average molecular weight is 472 g/mol. The highest BCUT2D eigenvalue weighted by molar-refractivity contribution is 7.92. The fourth-order valence-electron chi connectivity index (χ4n) is 3.14. The fourth-order valence-corrected chi connectivity index (χ4v) is 4.02. The summed E-state index contributed by atoms with van der Waals surface area (Å²) in [5.74, 6) is -1.72. The van der Waals surface area contributed by atoms with Gasteiger partial charge < -0.3 is 5.32 Å². The number of carbonyl (C=O) groups is 1. The maximum Gasteiger partial charge on any atom is 0.270 e. The lowest BCUT2D eigenvalue weighted by Crippen LogP contribution is -2.29. The predicted molar refractivity (Wildman–Crippen MR) is 124 cm³/mol. The van der Waals surface area contributed by atoms with E-state index in [0.717, 1.165) is 35.6 Å². The number of nitrogens with one attached hydrogen (secondary N) is 1. The van der Waals surface area contributed by atoms with Gasteiger partial charge in [0.25, 0.3) is 11.6 Å². The number of sulfonamides is 1. The first-order valence-electron chi connectivity index (χ1n) is 9.85. The van der Waals surface area contributed by atoms with Gasteiger partial charge in [0.1, 0.15) is 5.82 Å². The molecule has 0 fully saturated rings. The molecule has 8 nitrogen and oxygen atoms in total. The van der Waals surface area contributed by atoms with Gasteiger partial charge in [-0.2, -0.15) is 0 Å². The van der Waals surface area contributed by atoms with E-state index in [0.29, 0.717) is 16.9 Å². The van der Waals surface area contributed by atoms with Crippen molar-refractivity contribution in [2.75, 3.05) is 15.9 Å². The lowest BCUT2D eigenvalue weighted by Gasteiger charge is -2.23. The molecule has 0 aliphatic heterocycles. The van der Waals surface area contributed by atoms with Crippen LogP contribution in [0, 0.1) is 29.8 Å². The Labute approximate surface area is 190 Å². The average Bonchev–Trinajstić information content (AvgIpc) is 2.74. The molecule has 0 aliphatic rings. The van der Waals surface area contributed by atoms with Crippen LogP contribution in [0.1, 0.15) is 27.0 Å². The van der Waals surface area contributed by atoms with Crippen LogP contribution in [0.4, 0.5) is 21.5 Å². The number of anilines is 2. The van der Waals surface area contributed by atoms with Crippen LogP contribution in [0.3, 0.4) is 0 Å². The topological polar surface area (TPSA) is 110 Å². The van der Waals surface area contributed by atoms with E-state index in [4.69, 9.17) is 0 Å². The number of hydrogen-bond donors (Lipinski definition) is 1. The molecule has 0 heterocycles. The van der Waals surface area contributed by atoms with E-state index in [9.17, 15) is 27.7 Å². The monoisotopic (exact) mass is 471 g/mol. The van der Waals surface area contributed by atoms with E-state index < -0.39 is 37.9 Å². The molecule has 1 amide bonds. The van der Waals surface area contributed by atoms with E-state index in [2.05, 4.69) is 5.32 Å². The van der Waals surface area contributed by atoms with E-state index in [1.807, 2.05) is 19.9 Å². The molecule has 0 saturated carbocycles. The number of nitro groups is 1. The van der Waals surface area contributed by atoms with Crippen molar-refractivity contribution in [3.8, 4) is 0 Å². The second-order valence-electron chi connectivity index (χ2n) is 7.61. The van der Waals surface area contributed by atoms with Gasteiger partial charge in [0.05, 0.1) is 29.0 Å². The van der Waals surface area contributed by atoms with Crippen molar-refractivity contribution in [1.29, 1.82) is 0 Å². The molecule has 3 rings (SSSR count). The number of aryl methyl sites for hydroxylation is 2. The van der Waals surface area contributed by atoms with Crippen LogP contribution in [-0.2, 0) is 16.6 Å². The molecular formula is C23H22FN3O5S. The summed E-state index contributed by atoms with van der Waals surface area (Å²) in [5, 5.41) is 13.4. The number of amides is 1. The van der Waals surface area contributed by atoms with Crippen molar-refractivity contribution in [3.05, 3.63) is 98.8 Å². The molecule has 10 heteroatoms. The first-order chi connectivity index (χ1) is 15.5. The third kappa shape index (κ3) is 5.72. The van der Waals surface area contributed by atoms with E-state index in [1.54, 1.807) is 36.4 Å². The van der Waals surface area contributed by atoms with Crippen molar-refractivity contribution < 1.29 is 22.5 Å². The maximum atomic E-state index is 14.0. The minimum Gasteiger partial charge on any atom is -0.322 e. The van der Waals surface area contributed by atoms with Gasteiger partial charge in [-0.3, -0.25) is 19.2 Å². The Morgan fingerprint density at radius 3 is 2.27 bits per heavy atom. The SMILES string of the molecule is Cc1ccc(N(Cc2ccc(NC(=O)c3cc([N+](=O)[O-])ccc3F)cc2)S(C)(=O)=O)cc1C. The molecule has 0 aliphatic carbocycles. The number of hydrogen-bond acceptors (Lipinski definition) is 5. The zero-order valence-electron chi connectivity index (χ0n) is 18.2. The van der Waals surface area contributed by atoms with Gasteiger partial charge in [-0.1, -0.05) is 18.2 Å². The molecule has 172 valence electrons. The zero-order valence-corrected chi connectivity index (χ0v) is 19.0. The summed E-state index contributed by atoms with van der Waals surface area (Å²) in [5.41, 5.74) is 2.69. The molecule has 0 aromatic heterocycles.